The molecule has 1 saturated heterocycles. The molecule has 0 unspecified atom stereocenters. The maximum absolute atomic E-state index is 5.95. The Hall–Kier alpha value is -1.99. The summed E-state index contributed by atoms with van der Waals surface area (Å²) in [4.78, 5) is 9.14. The van der Waals surface area contributed by atoms with Crippen LogP contribution in [0.3, 0.4) is 0 Å². The second-order valence-corrected chi connectivity index (χ2v) is 7.57. The summed E-state index contributed by atoms with van der Waals surface area (Å²) >= 11 is 0. The van der Waals surface area contributed by atoms with Gasteiger partial charge in [0.25, 0.3) is 0 Å². The fourth-order valence-electron chi connectivity index (χ4n) is 4.15. The van der Waals surface area contributed by atoms with Crippen LogP contribution in [-0.2, 0) is 13.1 Å². The average molecular weight is 355 g/mol. The number of hydrogen-bond donors (Lipinski definition) is 1. The van der Waals surface area contributed by atoms with Crippen LogP contribution >= 0.6 is 0 Å². The van der Waals surface area contributed by atoms with Crippen molar-refractivity contribution in [3.05, 3.63) is 35.7 Å². The summed E-state index contributed by atoms with van der Waals surface area (Å²) in [6.07, 6.45) is 5.91. The molecule has 2 aromatic heterocycles. The molecule has 2 fully saturated rings. The predicted molar refractivity (Wildman–Crippen MR) is 102 cm³/mol. The van der Waals surface area contributed by atoms with Gasteiger partial charge in [0.2, 0.25) is 0 Å². The number of rotatable bonds is 5. The molecule has 1 saturated carbocycles. The molecule has 0 radical (unpaired) electrons. The van der Waals surface area contributed by atoms with Crippen LogP contribution in [0.25, 0.3) is 0 Å². The van der Waals surface area contributed by atoms with Crippen LogP contribution < -0.4 is 10.6 Å². The molecule has 4 rings (SSSR count). The van der Waals surface area contributed by atoms with E-state index in [1.54, 1.807) is 0 Å². The summed E-state index contributed by atoms with van der Waals surface area (Å²) < 4.78 is 2.30. The second-order valence-electron chi connectivity index (χ2n) is 7.57. The van der Waals surface area contributed by atoms with Crippen LogP contribution in [0.4, 0.5) is 5.69 Å². The number of nitrogens with zero attached hydrogens (tertiary/aromatic N) is 6. The van der Waals surface area contributed by atoms with Gasteiger partial charge in [-0.3, -0.25) is 9.88 Å². The average Bonchev–Trinajstić information content (AvgIpc) is 3.02. The summed E-state index contributed by atoms with van der Waals surface area (Å²) in [6.45, 7) is 10.3. The Bertz CT molecular complexity index is 742. The number of hydrogen-bond acceptors (Lipinski definition) is 6. The largest absolute Gasteiger partial charge is 0.369 e. The van der Waals surface area contributed by atoms with Crippen molar-refractivity contribution in [2.45, 2.75) is 51.7 Å². The lowest BCUT2D eigenvalue weighted by Gasteiger charge is -2.36. The van der Waals surface area contributed by atoms with Crippen molar-refractivity contribution < 1.29 is 0 Å². The Morgan fingerprint density at radius 1 is 1.15 bits per heavy atom. The molecule has 0 aromatic carbocycles. The highest BCUT2D eigenvalue weighted by Crippen LogP contribution is 2.35. The van der Waals surface area contributed by atoms with Gasteiger partial charge in [0.1, 0.15) is 11.6 Å². The first-order valence-electron chi connectivity index (χ1n) is 9.71. The van der Waals surface area contributed by atoms with Gasteiger partial charge in [-0.1, -0.05) is 0 Å². The van der Waals surface area contributed by atoms with E-state index in [2.05, 4.69) is 49.5 Å². The molecule has 1 aliphatic heterocycles. The maximum Gasteiger partial charge on any atom is 0.147 e. The number of anilines is 1. The quantitative estimate of drug-likeness (QED) is 0.877. The van der Waals surface area contributed by atoms with Gasteiger partial charge in [-0.2, -0.15) is 0 Å². The zero-order valence-corrected chi connectivity index (χ0v) is 15.8. The first kappa shape index (κ1) is 17.4. The minimum Gasteiger partial charge on any atom is -0.369 e. The van der Waals surface area contributed by atoms with Gasteiger partial charge < -0.3 is 15.2 Å². The Kier molecular flexibility index (Phi) is 4.91. The van der Waals surface area contributed by atoms with E-state index >= 15 is 0 Å². The normalized spacial score (nSPS) is 23.9. The van der Waals surface area contributed by atoms with Crippen molar-refractivity contribution in [1.82, 2.24) is 24.6 Å². The standard InChI is InChI=1S/C19H29N7/c1-3-26-18(22-23-19(26)15-10-16(20)11-15)13-24-6-8-25(9-7-24)17-4-5-21-12-14(17)2/h4-5,12,15-16H,3,6-11,13,20H2,1-2H3. The van der Waals surface area contributed by atoms with E-state index in [1.165, 1.54) is 11.3 Å². The zero-order chi connectivity index (χ0) is 18.1. The first-order chi connectivity index (χ1) is 12.7. The molecule has 0 bridgehead atoms. The molecule has 2 N–H and O–H groups in total. The molecular formula is C19H29N7. The molecule has 140 valence electrons. The van der Waals surface area contributed by atoms with Crippen LogP contribution in [0, 0.1) is 6.92 Å². The molecule has 0 amide bonds. The molecule has 1 aliphatic carbocycles. The molecule has 3 heterocycles. The van der Waals surface area contributed by atoms with Crippen molar-refractivity contribution in [1.29, 1.82) is 0 Å². The third-order valence-corrected chi connectivity index (χ3v) is 5.78. The smallest absolute Gasteiger partial charge is 0.147 e. The fourth-order valence-corrected chi connectivity index (χ4v) is 4.15. The van der Waals surface area contributed by atoms with Crippen molar-refractivity contribution in [3.63, 3.8) is 0 Å². The molecular weight excluding hydrogens is 326 g/mol. The van der Waals surface area contributed by atoms with Gasteiger partial charge in [0.05, 0.1) is 6.54 Å². The monoisotopic (exact) mass is 355 g/mol. The van der Waals surface area contributed by atoms with E-state index in [-0.39, 0.29) is 0 Å². The van der Waals surface area contributed by atoms with Gasteiger partial charge in [0, 0.05) is 62.8 Å². The fraction of sp³-hybridized carbons (Fsp3) is 0.632. The zero-order valence-electron chi connectivity index (χ0n) is 15.8. The first-order valence-corrected chi connectivity index (χ1v) is 9.71. The van der Waals surface area contributed by atoms with Crippen LogP contribution in [0.15, 0.2) is 18.5 Å². The summed E-state index contributed by atoms with van der Waals surface area (Å²) in [5, 5.41) is 9.01. The topological polar surface area (TPSA) is 76.1 Å². The van der Waals surface area contributed by atoms with Crippen LogP contribution in [0.5, 0.6) is 0 Å². The predicted octanol–water partition coefficient (Wildman–Crippen LogP) is 1.53. The summed E-state index contributed by atoms with van der Waals surface area (Å²) in [5.74, 6) is 2.73. The molecule has 2 aromatic rings. The van der Waals surface area contributed by atoms with E-state index in [4.69, 9.17) is 5.73 Å². The van der Waals surface area contributed by atoms with Crippen LogP contribution in [0.2, 0.25) is 0 Å². The van der Waals surface area contributed by atoms with E-state index in [9.17, 15) is 0 Å². The highest BCUT2D eigenvalue weighted by atomic mass is 15.3. The van der Waals surface area contributed by atoms with Crippen LogP contribution in [0.1, 0.15) is 42.9 Å². The summed E-state index contributed by atoms with van der Waals surface area (Å²) in [7, 11) is 0. The van der Waals surface area contributed by atoms with Gasteiger partial charge in [0.15, 0.2) is 0 Å². The van der Waals surface area contributed by atoms with Crippen molar-refractivity contribution in [2.75, 3.05) is 31.1 Å². The maximum atomic E-state index is 5.95. The minimum atomic E-state index is 0.343. The number of nitrogens with two attached hydrogens (primary N) is 1. The van der Waals surface area contributed by atoms with Crippen molar-refractivity contribution >= 4 is 5.69 Å². The Morgan fingerprint density at radius 2 is 1.92 bits per heavy atom. The highest BCUT2D eigenvalue weighted by Gasteiger charge is 2.32. The molecule has 7 nitrogen and oxygen atoms in total. The van der Waals surface area contributed by atoms with E-state index in [0.717, 1.165) is 63.8 Å². The Morgan fingerprint density at radius 3 is 2.58 bits per heavy atom. The molecule has 0 spiro atoms. The van der Waals surface area contributed by atoms with Gasteiger partial charge in [-0.25, -0.2) is 0 Å². The van der Waals surface area contributed by atoms with E-state index < -0.39 is 0 Å². The highest BCUT2D eigenvalue weighted by molar-refractivity contribution is 5.51. The van der Waals surface area contributed by atoms with E-state index in [1.807, 2.05) is 12.4 Å². The number of aromatic nitrogens is 4. The van der Waals surface area contributed by atoms with Crippen molar-refractivity contribution in [2.24, 2.45) is 5.73 Å². The van der Waals surface area contributed by atoms with Gasteiger partial charge >= 0.3 is 0 Å². The number of pyridine rings is 1. The summed E-state index contributed by atoms with van der Waals surface area (Å²) in [5.41, 5.74) is 8.50. The molecule has 7 heteroatoms. The minimum absolute atomic E-state index is 0.343. The third-order valence-electron chi connectivity index (χ3n) is 5.78. The van der Waals surface area contributed by atoms with Gasteiger partial charge in [-0.05, 0) is 38.3 Å². The lowest BCUT2D eigenvalue weighted by atomic mass is 9.80. The Balaban J connectivity index is 1.38. The lowest BCUT2D eigenvalue weighted by molar-refractivity contribution is 0.239. The number of aryl methyl sites for hydroxylation is 1. The van der Waals surface area contributed by atoms with Gasteiger partial charge in [-0.15, -0.1) is 10.2 Å². The second kappa shape index (κ2) is 7.32. The van der Waals surface area contributed by atoms with Crippen molar-refractivity contribution in [3.8, 4) is 0 Å². The van der Waals surface area contributed by atoms with E-state index in [0.29, 0.717) is 12.0 Å². The van der Waals surface area contributed by atoms with Crippen LogP contribution in [-0.4, -0.2) is 56.9 Å². The molecule has 26 heavy (non-hydrogen) atoms. The lowest BCUT2D eigenvalue weighted by Crippen LogP contribution is -2.46. The number of piperazine rings is 1. The Labute approximate surface area is 155 Å². The molecule has 2 aliphatic rings. The SMILES string of the molecule is CCn1c(CN2CCN(c3ccncc3C)CC2)nnc1C1CC(N)C1. The third kappa shape index (κ3) is 3.33. The summed E-state index contributed by atoms with van der Waals surface area (Å²) in [6, 6.07) is 2.46. The molecule has 0 atom stereocenters.